The van der Waals surface area contributed by atoms with Gasteiger partial charge < -0.3 is 10.1 Å². The Morgan fingerprint density at radius 2 is 1.85 bits per heavy atom. The Labute approximate surface area is 124 Å². The third-order valence-corrected chi connectivity index (χ3v) is 3.33. The molecule has 0 aromatic heterocycles. The molecule has 1 rings (SSSR count). The summed E-state index contributed by atoms with van der Waals surface area (Å²) in [6.45, 7) is 15.0. The van der Waals surface area contributed by atoms with Crippen LogP contribution >= 0.6 is 0 Å². The van der Waals surface area contributed by atoms with E-state index in [1.807, 2.05) is 0 Å². The van der Waals surface area contributed by atoms with Crippen molar-refractivity contribution in [2.75, 3.05) is 13.2 Å². The van der Waals surface area contributed by atoms with Gasteiger partial charge in [0.25, 0.3) is 0 Å². The third-order valence-electron chi connectivity index (χ3n) is 3.33. The van der Waals surface area contributed by atoms with Crippen molar-refractivity contribution in [1.82, 2.24) is 5.32 Å². The second-order valence-electron chi connectivity index (χ2n) is 6.91. The Bertz CT molecular complexity index is 404. The molecule has 0 amide bonds. The average Bonchev–Trinajstić information content (AvgIpc) is 2.31. The Balaban J connectivity index is 2.49. The molecule has 0 aliphatic rings. The van der Waals surface area contributed by atoms with E-state index in [0.717, 1.165) is 31.7 Å². The van der Waals surface area contributed by atoms with Crippen LogP contribution in [0.15, 0.2) is 18.2 Å². The van der Waals surface area contributed by atoms with Crippen LogP contribution in [0, 0.1) is 6.92 Å². The zero-order chi connectivity index (χ0) is 15.2. The van der Waals surface area contributed by atoms with Crippen molar-refractivity contribution in [3.63, 3.8) is 0 Å². The molecule has 0 fully saturated rings. The summed E-state index contributed by atoms with van der Waals surface area (Å²) in [7, 11) is 0. The number of ether oxygens (including phenoxy) is 1. The highest BCUT2D eigenvalue weighted by atomic mass is 16.5. The minimum Gasteiger partial charge on any atom is -0.493 e. The van der Waals surface area contributed by atoms with E-state index < -0.39 is 0 Å². The van der Waals surface area contributed by atoms with E-state index in [2.05, 4.69) is 65.1 Å². The van der Waals surface area contributed by atoms with Crippen molar-refractivity contribution in [2.24, 2.45) is 0 Å². The van der Waals surface area contributed by atoms with E-state index in [1.54, 1.807) is 0 Å². The molecule has 0 saturated heterocycles. The van der Waals surface area contributed by atoms with E-state index in [1.165, 1.54) is 11.1 Å². The maximum absolute atomic E-state index is 6.02. The van der Waals surface area contributed by atoms with Gasteiger partial charge in [0.2, 0.25) is 0 Å². The molecule has 0 atom stereocenters. The van der Waals surface area contributed by atoms with Crippen molar-refractivity contribution in [3.8, 4) is 5.75 Å². The molecule has 0 aliphatic heterocycles. The maximum atomic E-state index is 6.02. The molecule has 0 unspecified atom stereocenters. The fourth-order valence-electron chi connectivity index (χ4n) is 2.17. The monoisotopic (exact) mass is 277 g/mol. The molecule has 0 spiro atoms. The van der Waals surface area contributed by atoms with Crippen LogP contribution in [0.5, 0.6) is 5.75 Å². The lowest BCUT2D eigenvalue weighted by molar-refractivity contribution is 0.297. The molecule has 0 radical (unpaired) electrons. The molecule has 20 heavy (non-hydrogen) atoms. The standard InChI is InChI=1S/C18H31NO/c1-14(2)19-11-7-8-12-20-17-13-15(3)9-10-16(17)18(4,5)6/h9-10,13-14,19H,7-8,11-12H2,1-6H3. The molecule has 1 aromatic rings. The molecule has 2 heteroatoms. The van der Waals surface area contributed by atoms with Crippen molar-refractivity contribution in [3.05, 3.63) is 29.3 Å². The molecule has 0 aliphatic carbocycles. The van der Waals surface area contributed by atoms with E-state index in [0.29, 0.717) is 6.04 Å². The van der Waals surface area contributed by atoms with Gasteiger partial charge in [-0.25, -0.2) is 0 Å². The lowest BCUT2D eigenvalue weighted by Crippen LogP contribution is -2.24. The van der Waals surface area contributed by atoms with Crippen LogP contribution in [0.2, 0.25) is 0 Å². The van der Waals surface area contributed by atoms with E-state index in [-0.39, 0.29) is 5.41 Å². The number of nitrogens with one attached hydrogen (secondary N) is 1. The van der Waals surface area contributed by atoms with Gasteiger partial charge in [-0.1, -0.05) is 46.8 Å². The first-order chi connectivity index (χ1) is 9.30. The third kappa shape index (κ3) is 5.96. The largest absolute Gasteiger partial charge is 0.493 e. The van der Waals surface area contributed by atoms with Gasteiger partial charge in [-0.05, 0) is 48.9 Å². The molecular weight excluding hydrogens is 246 g/mol. The predicted octanol–water partition coefficient (Wildman–Crippen LogP) is 4.45. The topological polar surface area (TPSA) is 21.3 Å². The second kappa shape index (κ2) is 7.68. The number of benzene rings is 1. The van der Waals surface area contributed by atoms with Crippen molar-refractivity contribution >= 4 is 0 Å². The highest BCUT2D eigenvalue weighted by Crippen LogP contribution is 2.32. The molecule has 114 valence electrons. The molecule has 0 bridgehead atoms. The van der Waals surface area contributed by atoms with Gasteiger partial charge >= 0.3 is 0 Å². The first-order valence-corrected chi connectivity index (χ1v) is 7.78. The second-order valence-corrected chi connectivity index (χ2v) is 6.91. The predicted molar refractivity (Wildman–Crippen MR) is 87.7 cm³/mol. The van der Waals surface area contributed by atoms with E-state index in [9.17, 15) is 0 Å². The number of unbranched alkanes of at least 4 members (excludes halogenated alkanes) is 1. The molecule has 1 N–H and O–H groups in total. The summed E-state index contributed by atoms with van der Waals surface area (Å²) in [6, 6.07) is 7.10. The summed E-state index contributed by atoms with van der Waals surface area (Å²) in [4.78, 5) is 0. The Hall–Kier alpha value is -1.02. The van der Waals surface area contributed by atoms with Gasteiger partial charge in [-0.2, -0.15) is 0 Å². The Morgan fingerprint density at radius 1 is 1.15 bits per heavy atom. The fourth-order valence-corrected chi connectivity index (χ4v) is 2.17. The molecule has 1 aromatic carbocycles. The van der Waals surface area contributed by atoms with Crippen LogP contribution in [0.3, 0.4) is 0 Å². The molecule has 0 saturated carbocycles. The summed E-state index contributed by atoms with van der Waals surface area (Å²) in [5.41, 5.74) is 2.68. The molecular formula is C18H31NO. The highest BCUT2D eigenvalue weighted by Gasteiger charge is 2.18. The SMILES string of the molecule is Cc1ccc(C(C)(C)C)c(OCCCCNC(C)C)c1. The number of rotatable bonds is 7. The summed E-state index contributed by atoms with van der Waals surface area (Å²) in [5.74, 6) is 1.05. The number of aryl methyl sites for hydroxylation is 1. The molecule has 0 heterocycles. The Kier molecular flexibility index (Phi) is 6.54. The summed E-state index contributed by atoms with van der Waals surface area (Å²) >= 11 is 0. The average molecular weight is 277 g/mol. The number of hydrogen-bond acceptors (Lipinski definition) is 2. The van der Waals surface area contributed by atoms with Crippen LogP contribution in [-0.4, -0.2) is 19.2 Å². The van der Waals surface area contributed by atoms with Crippen LogP contribution in [0.25, 0.3) is 0 Å². The Morgan fingerprint density at radius 3 is 2.45 bits per heavy atom. The van der Waals surface area contributed by atoms with Crippen LogP contribution in [0.1, 0.15) is 58.6 Å². The van der Waals surface area contributed by atoms with Gasteiger partial charge in [0.15, 0.2) is 0 Å². The minimum atomic E-state index is 0.127. The first-order valence-electron chi connectivity index (χ1n) is 7.78. The zero-order valence-electron chi connectivity index (χ0n) is 14.0. The highest BCUT2D eigenvalue weighted by molar-refractivity contribution is 5.41. The van der Waals surface area contributed by atoms with Crippen molar-refractivity contribution in [2.45, 2.75) is 65.8 Å². The first kappa shape index (κ1) is 17.0. The summed E-state index contributed by atoms with van der Waals surface area (Å²) in [6.07, 6.45) is 2.26. The smallest absolute Gasteiger partial charge is 0.123 e. The van der Waals surface area contributed by atoms with Gasteiger partial charge in [0, 0.05) is 6.04 Å². The summed E-state index contributed by atoms with van der Waals surface area (Å²) < 4.78 is 6.02. The quantitative estimate of drug-likeness (QED) is 0.743. The minimum absolute atomic E-state index is 0.127. The van der Waals surface area contributed by atoms with Gasteiger partial charge in [-0.15, -0.1) is 0 Å². The lowest BCUT2D eigenvalue weighted by atomic mass is 9.86. The number of hydrogen-bond donors (Lipinski definition) is 1. The van der Waals surface area contributed by atoms with Gasteiger partial charge in [0.1, 0.15) is 5.75 Å². The molecule has 2 nitrogen and oxygen atoms in total. The maximum Gasteiger partial charge on any atom is 0.123 e. The van der Waals surface area contributed by atoms with Crippen molar-refractivity contribution in [1.29, 1.82) is 0 Å². The summed E-state index contributed by atoms with van der Waals surface area (Å²) in [5, 5.41) is 3.43. The van der Waals surface area contributed by atoms with Crippen LogP contribution in [0.4, 0.5) is 0 Å². The normalized spacial score (nSPS) is 11.9. The fraction of sp³-hybridized carbons (Fsp3) is 0.667. The van der Waals surface area contributed by atoms with Crippen molar-refractivity contribution < 1.29 is 4.74 Å². The zero-order valence-corrected chi connectivity index (χ0v) is 14.0. The van der Waals surface area contributed by atoms with Gasteiger partial charge in [0.05, 0.1) is 6.61 Å². The van der Waals surface area contributed by atoms with Crippen LogP contribution < -0.4 is 10.1 Å². The van der Waals surface area contributed by atoms with Crippen LogP contribution in [-0.2, 0) is 5.41 Å². The van der Waals surface area contributed by atoms with E-state index >= 15 is 0 Å². The van der Waals surface area contributed by atoms with Gasteiger partial charge in [-0.3, -0.25) is 0 Å². The van der Waals surface area contributed by atoms with E-state index in [4.69, 9.17) is 4.74 Å². The lowest BCUT2D eigenvalue weighted by Gasteiger charge is -2.23.